The number of aldehydes is 1. The summed E-state index contributed by atoms with van der Waals surface area (Å²) in [7, 11) is 0. The summed E-state index contributed by atoms with van der Waals surface area (Å²) in [5.74, 6) is 0.237. The summed E-state index contributed by atoms with van der Waals surface area (Å²) >= 11 is 0. The molecule has 1 fully saturated rings. The number of ketones is 1. The lowest BCUT2D eigenvalue weighted by Gasteiger charge is -2.35. The van der Waals surface area contributed by atoms with Gasteiger partial charge in [-0.1, -0.05) is 0 Å². The van der Waals surface area contributed by atoms with E-state index in [0.29, 0.717) is 25.9 Å². The van der Waals surface area contributed by atoms with Crippen molar-refractivity contribution in [3.8, 4) is 0 Å². The highest BCUT2D eigenvalue weighted by molar-refractivity contribution is 5.88. The van der Waals surface area contributed by atoms with Crippen LogP contribution < -0.4 is 0 Å². The highest BCUT2D eigenvalue weighted by Crippen LogP contribution is 2.33. The van der Waals surface area contributed by atoms with Crippen molar-refractivity contribution in [2.24, 2.45) is 0 Å². The molecule has 0 aliphatic heterocycles. The molecule has 3 nitrogen and oxygen atoms in total. The van der Waals surface area contributed by atoms with Crippen LogP contribution in [0.25, 0.3) is 0 Å². The smallest absolute Gasteiger partial charge is 0.164 e. The number of rotatable bonds is 6. The molecule has 0 aromatic heterocycles. The summed E-state index contributed by atoms with van der Waals surface area (Å²) in [6, 6.07) is 0. The molecule has 1 rings (SSSR count). The molecule has 0 bridgehead atoms. The zero-order valence-corrected chi connectivity index (χ0v) is 9.46. The van der Waals surface area contributed by atoms with E-state index >= 15 is 0 Å². The van der Waals surface area contributed by atoms with Crippen molar-refractivity contribution >= 4 is 12.1 Å². The second-order valence-corrected chi connectivity index (χ2v) is 4.12. The molecule has 0 spiro atoms. The van der Waals surface area contributed by atoms with Crippen LogP contribution in [0.1, 0.15) is 51.9 Å². The molecule has 0 radical (unpaired) electrons. The van der Waals surface area contributed by atoms with Gasteiger partial charge in [-0.05, 0) is 39.0 Å². The van der Waals surface area contributed by atoms with E-state index in [4.69, 9.17) is 4.74 Å². The zero-order chi connectivity index (χ0) is 11.1. The van der Waals surface area contributed by atoms with Crippen LogP contribution in [-0.4, -0.2) is 24.3 Å². The molecule has 1 aliphatic rings. The van der Waals surface area contributed by atoms with E-state index in [1.807, 2.05) is 6.92 Å². The van der Waals surface area contributed by atoms with Crippen LogP contribution >= 0.6 is 0 Å². The summed E-state index contributed by atoms with van der Waals surface area (Å²) < 4.78 is 5.66. The third-order valence-electron chi connectivity index (χ3n) is 3.07. The van der Waals surface area contributed by atoms with E-state index in [1.54, 1.807) is 0 Å². The lowest BCUT2D eigenvalue weighted by atomic mass is 9.80. The number of carbonyl (C=O) groups is 2. The summed E-state index contributed by atoms with van der Waals surface area (Å²) in [6.45, 7) is 2.50. The Hall–Kier alpha value is -0.700. The standard InChI is InChI=1S/C12H20O3/c1-2-15-12(9-5-6-10-13)8-4-3-7-11(12)14/h10H,2-9H2,1H3/t12-/m0/s1. The molecule has 0 N–H and O–H groups in total. The van der Waals surface area contributed by atoms with Crippen molar-refractivity contribution in [3.63, 3.8) is 0 Å². The monoisotopic (exact) mass is 212 g/mol. The Morgan fingerprint density at radius 2 is 2.27 bits per heavy atom. The second-order valence-electron chi connectivity index (χ2n) is 4.12. The van der Waals surface area contributed by atoms with Gasteiger partial charge in [-0.3, -0.25) is 4.79 Å². The minimum atomic E-state index is -0.560. The molecule has 0 aromatic carbocycles. The first kappa shape index (κ1) is 12.4. The maximum absolute atomic E-state index is 11.9. The van der Waals surface area contributed by atoms with Gasteiger partial charge in [0, 0.05) is 19.4 Å². The molecule has 1 atom stereocenters. The fourth-order valence-corrected chi connectivity index (χ4v) is 2.30. The van der Waals surface area contributed by atoms with Crippen molar-refractivity contribution < 1.29 is 14.3 Å². The average Bonchev–Trinajstić information content (AvgIpc) is 2.23. The van der Waals surface area contributed by atoms with Gasteiger partial charge in [0.2, 0.25) is 0 Å². The molecule has 86 valence electrons. The van der Waals surface area contributed by atoms with E-state index < -0.39 is 5.60 Å². The minimum absolute atomic E-state index is 0.237. The number of carbonyl (C=O) groups excluding carboxylic acids is 2. The number of Topliss-reactive ketones (excluding diaryl/α,β-unsaturated/α-hetero) is 1. The van der Waals surface area contributed by atoms with E-state index in [-0.39, 0.29) is 5.78 Å². The van der Waals surface area contributed by atoms with E-state index in [2.05, 4.69) is 0 Å². The third kappa shape index (κ3) is 3.13. The Morgan fingerprint density at radius 1 is 1.47 bits per heavy atom. The summed E-state index contributed by atoms with van der Waals surface area (Å²) in [6.07, 6.45) is 6.43. The van der Waals surface area contributed by atoms with Crippen molar-refractivity contribution in [2.75, 3.05) is 6.61 Å². The number of hydrogen-bond acceptors (Lipinski definition) is 3. The highest BCUT2D eigenvalue weighted by atomic mass is 16.5. The number of hydrogen-bond donors (Lipinski definition) is 0. The van der Waals surface area contributed by atoms with E-state index in [1.165, 1.54) is 0 Å². The van der Waals surface area contributed by atoms with Crippen LogP contribution in [0.4, 0.5) is 0 Å². The fraction of sp³-hybridized carbons (Fsp3) is 0.833. The summed E-state index contributed by atoms with van der Waals surface area (Å²) in [5, 5.41) is 0. The molecule has 0 aromatic rings. The van der Waals surface area contributed by atoms with Gasteiger partial charge in [-0.2, -0.15) is 0 Å². The highest BCUT2D eigenvalue weighted by Gasteiger charge is 2.39. The Balaban J connectivity index is 2.58. The van der Waals surface area contributed by atoms with Gasteiger partial charge in [0.1, 0.15) is 11.9 Å². The topological polar surface area (TPSA) is 43.4 Å². The maximum atomic E-state index is 11.9. The van der Waals surface area contributed by atoms with Crippen molar-refractivity contribution in [1.82, 2.24) is 0 Å². The van der Waals surface area contributed by atoms with Gasteiger partial charge < -0.3 is 9.53 Å². The van der Waals surface area contributed by atoms with Gasteiger partial charge >= 0.3 is 0 Å². The van der Waals surface area contributed by atoms with Crippen molar-refractivity contribution in [1.29, 1.82) is 0 Å². The van der Waals surface area contributed by atoms with Crippen LogP contribution in [0.5, 0.6) is 0 Å². The van der Waals surface area contributed by atoms with Crippen LogP contribution in [0.2, 0.25) is 0 Å². The van der Waals surface area contributed by atoms with Crippen molar-refractivity contribution in [2.45, 2.75) is 57.5 Å². The maximum Gasteiger partial charge on any atom is 0.164 e. The Labute approximate surface area is 91.2 Å². The van der Waals surface area contributed by atoms with Gasteiger partial charge in [0.05, 0.1) is 0 Å². The van der Waals surface area contributed by atoms with E-state index in [9.17, 15) is 9.59 Å². The predicted octanol–water partition coefficient (Wildman–Crippen LogP) is 2.27. The van der Waals surface area contributed by atoms with Gasteiger partial charge in [0.15, 0.2) is 5.78 Å². The normalized spacial score (nSPS) is 26.6. The second kappa shape index (κ2) is 6.01. The SMILES string of the molecule is CCO[C@]1(CCCC=O)CCCCC1=O. The molecule has 1 saturated carbocycles. The lowest BCUT2D eigenvalue weighted by Crippen LogP contribution is -2.44. The molecular formula is C12H20O3. The van der Waals surface area contributed by atoms with Gasteiger partial charge in [-0.15, -0.1) is 0 Å². The van der Waals surface area contributed by atoms with Crippen molar-refractivity contribution in [3.05, 3.63) is 0 Å². The number of ether oxygens (including phenoxy) is 1. The summed E-state index contributed by atoms with van der Waals surface area (Å²) in [5.41, 5.74) is -0.560. The Bertz CT molecular complexity index is 221. The molecule has 0 unspecified atom stereocenters. The Morgan fingerprint density at radius 3 is 2.87 bits per heavy atom. The van der Waals surface area contributed by atoms with E-state index in [0.717, 1.165) is 32.0 Å². The largest absolute Gasteiger partial charge is 0.368 e. The number of unbranched alkanes of at least 4 members (excludes halogenated alkanes) is 1. The molecule has 15 heavy (non-hydrogen) atoms. The Kier molecular flexibility index (Phi) is 4.95. The first-order valence-corrected chi connectivity index (χ1v) is 5.86. The third-order valence-corrected chi connectivity index (χ3v) is 3.07. The molecule has 0 heterocycles. The first-order chi connectivity index (χ1) is 7.25. The molecule has 0 amide bonds. The predicted molar refractivity (Wildman–Crippen MR) is 57.7 cm³/mol. The zero-order valence-electron chi connectivity index (χ0n) is 9.46. The molecule has 3 heteroatoms. The van der Waals surface area contributed by atoms with Gasteiger partial charge in [-0.25, -0.2) is 0 Å². The molecular weight excluding hydrogens is 192 g/mol. The van der Waals surface area contributed by atoms with Gasteiger partial charge in [0.25, 0.3) is 0 Å². The minimum Gasteiger partial charge on any atom is -0.368 e. The molecule has 1 aliphatic carbocycles. The fourth-order valence-electron chi connectivity index (χ4n) is 2.30. The van der Waals surface area contributed by atoms with Crippen LogP contribution in [0.15, 0.2) is 0 Å². The van der Waals surface area contributed by atoms with Crippen LogP contribution in [0.3, 0.4) is 0 Å². The summed E-state index contributed by atoms with van der Waals surface area (Å²) in [4.78, 5) is 22.2. The van der Waals surface area contributed by atoms with Crippen LogP contribution in [-0.2, 0) is 14.3 Å². The van der Waals surface area contributed by atoms with Crippen LogP contribution in [0, 0.1) is 0 Å². The molecule has 0 saturated heterocycles. The first-order valence-electron chi connectivity index (χ1n) is 5.86. The average molecular weight is 212 g/mol. The quantitative estimate of drug-likeness (QED) is 0.501. The lowest BCUT2D eigenvalue weighted by molar-refractivity contribution is -0.150.